The largest absolute Gasteiger partial charge is 0.444 e. The van der Waals surface area contributed by atoms with Crippen molar-refractivity contribution in [3.63, 3.8) is 0 Å². The van der Waals surface area contributed by atoms with Gasteiger partial charge in [-0.05, 0) is 137 Å². The number of carbonyl (C=O) groups is 13. The Labute approximate surface area is 854 Å². The highest BCUT2D eigenvalue weighted by Gasteiger charge is 2.35. The number of guanidine groups is 2. The fourth-order valence-corrected chi connectivity index (χ4v) is 15.0. The predicted molar refractivity (Wildman–Crippen MR) is 546 cm³/mol. The van der Waals surface area contributed by atoms with Gasteiger partial charge in [0.25, 0.3) is 29.5 Å². The Morgan fingerprint density at radius 3 is 1.24 bits per heavy atom. The molecule has 798 valence electrons. The number of halogens is 1. The first-order valence-corrected chi connectivity index (χ1v) is 48.2. The van der Waals surface area contributed by atoms with Crippen LogP contribution in [0.15, 0.2) is 110 Å². The maximum Gasteiger partial charge on any atom is 0.408 e. The number of carbonyl (C=O) groups excluding carboxylic acids is 13. The summed E-state index contributed by atoms with van der Waals surface area (Å²) in [6, 6.07) is 21.9. The number of aromatic nitrogens is 8. The van der Waals surface area contributed by atoms with Crippen molar-refractivity contribution in [1.82, 2.24) is 80.3 Å². The molecule has 0 saturated carbocycles. The number of fused-ring (bicyclic) bond motifs is 1. The molecule has 13 amide bonds. The third-order valence-electron chi connectivity index (χ3n) is 21.9. The maximum absolute atomic E-state index is 13.6. The summed E-state index contributed by atoms with van der Waals surface area (Å²) < 4.78 is 57.0. The Balaban J connectivity index is 0.547. The molecule has 1 aliphatic rings. The first kappa shape index (κ1) is 116. The molecule has 1 aliphatic heterocycles. The van der Waals surface area contributed by atoms with Crippen molar-refractivity contribution >= 4 is 146 Å². The normalized spacial score (nSPS) is 13.0. The van der Waals surface area contributed by atoms with Gasteiger partial charge in [0, 0.05) is 160 Å². The van der Waals surface area contributed by atoms with Crippen LogP contribution in [-0.2, 0) is 111 Å². The first-order chi connectivity index (χ1) is 70.3. The van der Waals surface area contributed by atoms with E-state index in [9.17, 15) is 62.3 Å². The van der Waals surface area contributed by atoms with E-state index < -0.39 is 82.8 Å². The fraction of sp³-hybridized carbons (Fsp3) is 0.479. The smallest absolute Gasteiger partial charge is 0.408 e. The summed E-state index contributed by atoms with van der Waals surface area (Å²) in [4.78, 5) is 186. The number of imidazole rings is 3. The van der Waals surface area contributed by atoms with Crippen LogP contribution in [0.1, 0.15) is 157 Å². The fourth-order valence-electron chi connectivity index (χ4n) is 14.9. The quantitative estimate of drug-likeness (QED) is 0.0142. The van der Waals surface area contributed by atoms with Crippen LogP contribution >= 0.6 is 11.6 Å². The van der Waals surface area contributed by atoms with Gasteiger partial charge in [-0.3, -0.25) is 68.4 Å². The van der Waals surface area contributed by atoms with Gasteiger partial charge < -0.3 is 162 Å². The van der Waals surface area contributed by atoms with E-state index in [2.05, 4.69) is 108 Å². The molecule has 0 aliphatic carbocycles. The number of aryl methyl sites for hydroxylation is 5. The third kappa shape index (κ3) is 40.2. The van der Waals surface area contributed by atoms with E-state index in [4.69, 9.17) is 76.5 Å². The van der Waals surface area contributed by atoms with Crippen LogP contribution in [0.25, 0.3) is 11.1 Å². The van der Waals surface area contributed by atoms with Crippen LogP contribution < -0.4 is 96.1 Å². The van der Waals surface area contributed by atoms with Gasteiger partial charge >= 0.3 is 6.09 Å². The van der Waals surface area contributed by atoms with E-state index in [1.54, 1.807) is 48.8 Å². The number of hydrogen-bond acceptors (Lipinski definition) is 28. The highest BCUT2D eigenvalue weighted by Crippen LogP contribution is 2.42. The van der Waals surface area contributed by atoms with Gasteiger partial charge in [-0.25, -0.2) is 19.7 Å². The molecule has 8 aromatic rings. The first-order valence-electron chi connectivity index (χ1n) is 47.8. The molecular weight excluding hydrogens is 1930 g/mol. The molecule has 0 saturated heterocycles. The molecule has 51 heteroatoms. The van der Waals surface area contributed by atoms with E-state index in [-0.39, 0.29) is 204 Å². The van der Waals surface area contributed by atoms with E-state index >= 15 is 0 Å². The Kier molecular flexibility index (Phi) is 46.8. The molecular formula is C96H135ClN28O22. The number of benzene rings is 3. The summed E-state index contributed by atoms with van der Waals surface area (Å²) in [6.45, 7) is 14.3. The topological polar surface area (TPSA) is 652 Å². The lowest BCUT2D eigenvalue weighted by atomic mass is 9.89. The summed E-state index contributed by atoms with van der Waals surface area (Å²) in [5.74, 6) is -6.90. The number of hydrogen-bond donors (Lipinski definition) is 19. The zero-order valence-corrected chi connectivity index (χ0v) is 84.9. The second-order valence-corrected chi connectivity index (χ2v) is 35.4. The molecule has 0 spiro atoms. The second-order valence-electron chi connectivity index (χ2n) is 34.9. The number of anilines is 8. The minimum atomic E-state index is -1.17. The lowest BCUT2D eigenvalue weighted by molar-refractivity contribution is -0.130. The number of rotatable bonds is 62. The van der Waals surface area contributed by atoms with Crippen LogP contribution in [0, 0.1) is 10.8 Å². The van der Waals surface area contributed by atoms with Gasteiger partial charge in [0.15, 0.2) is 29.4 Å². The summed E-state index contributed by atoms with van der Waals surface area (Å²) in [5, 5.41) is 56.4. The maximum atomic E-state index is 13.6. The Hall–Kier alpha value is -14.9. The minimum Gasteiger partial charge on any atom is -0.444 e. The summed E-state index contributed by atoms with van der Waals surface area (Å²) in [6.07, 6.45) is 7.28. The number of amides is 13. The van der Waals surface area contributed by atoms with Gasteiger partial charge in [0.1, 0.15) is 29.1 Å². The van der Waals surface area contributed by atoms with E-state index in [0.29, 0.717) is 96.6 Å². The van der Waals surface area contributed by atoms with Crippen LogP contribution in [-0.4, -0.2) is 295 Å². The number of nitrogens with one attached hydrogen (secondary N) is 17. The van der Waals surface area contributed by atoms with Gasteiger partial charge in [-0.2, -0.15) is 0 Å². The van der Waals surface area contributed by atoms with Gasteiger partial charge in [0.2, 0.25) is 58.8 Å². The van der Waals surface area contributed by atoms with Gasteiger partial charge in [0.05, 0.1) is 130 Å². The molecule has 6 heterocycles. The number of nitrogens with two attached hydrogens (primary N) is 2. The Morgan fingerprint density at radius 1 is 0.415 bits per heavy atom. The highest BCUT2D eigenvalue weighted by atomic mass is 35.5. The molecule has 9 rings (SSSR count). The minimum absolute atomic E-state index is 0.00457. The van der Waals surface area contributed by atoms with Crippen molar-refractivity contribution in [2.45, 2.75) is 122 Å². The van der Waals surface area contributed by atoms with Gasteiger partial charge in [-0.15, -0.1) is 0 Å². The number of ether oxygens (including phenoxy) is 9. The van der Waals surface area contributed by atoms with Crippen molar-refractivity contribution in [3.05, 3.63) is 149 Å². The van der Waals surface area contributed by atoms with Crippen LogP contribution in [0.5, 0.6) is 0 Å². The Morgan fingerprint density at radius 2 is 0.810 bits per heavy atom. The molecule has 0 unspecified atom stereocenters. The molecule has 147 heavy (non-hydrogen) atoms. The van der Waals surface area contributed by atoms with E-state index in [1.807, 2.05) is 65.6 Å². The van der Waals surface area contributed by atoms with Crippen LogP contribution in [0.3, 0.4) is 0 Å². The van der Waals surface area contributed by atoms with Crippen molar-refractivity contribution in [3.8, 4) is 11.1 Å². The van der Waals surface area contributed by atoms with Crippen LogP contribution in [0.4, 0.5) is 50.7 Å². The molecule has 3 aromatic carbocycles. The van der Waals surface area contributed by atoms with Crippen molar-refractivity contribution < 1.29 is 105 Å². The molecule has 0 fully saturated rings. The number of alkyl carbamates (subject to hydrolysis) is 1. The van der Waals surface area contributed by atoms with Crippen LogP contribution in [0.2, 0.25) is 5.02 Å². The summed E-state index contributed by atoms with van der Waals surface area (Å²) in [5.41, 5.74) is 16.1. The van der Waals surface area contributed by atoms with E-state index in [0.717, 1.165) is 34.5 Å². The second kappa shape index (κ2) is 59.5. The van der Waals surface area contributed by atoms with E-state index in [1.165, 1.54) is 80.0 Å². The monoisotopic (exact) mass is 2070 g/mol. The standard InChI is InChI=1S/C96H135ClN28O22/c1-60-51-72(108-65-22-18-64(97)19-23-65)69-52-63(17-24-73(69)125(60)61(2)126)62-15-20-66(21-16-62)109-82(130)28-35-139-37-39-141-41-43-143-45-47-145-49-50-146-48-46-144-44-42-142-40-38-140-36-34-105-90(135)83-117-76(57-122(83)8)114-80(128)26-32-103-88(133)74-53-68(56-120(74)6)111-92(137)85-119-78(59-124(85)10)116-81(129)27-33-104-89(134)75-54-67(55-121(75)7)110-91(136)84-118-77(58-123(84)9)115-79(127)25-31-102-86(131)70(13-11-29-106-93(98)99)112-87(132)71(14-12-30-107-94(100)101)113-95(138)147-96(3,4)5/h15-24,52-60,70-72,108H,11-14,25-51H2,1-10H3,(H,102,131)(H,103,133)(H,104,134)(H,105,135)(H,109,130)(H,110,136)(H,111,137)(H,112,132)(H,113,138)(H,114,128)(H,115,127)(H,116,129)(H4,98,99,106)(H4,100,101,107)/t60-,70-,71-,72+/m0/s1. The molecule has 0 radical (unpaired) electrons. The van der Waals surface area contributed by atoms with Crippen molar-refractivity contribution in [1.29, 1.82) is 10.8 Å². The molecule has 0 bridgehead atoms. The zero-order valence-electron chi connectivity index (χ0n) is 84.2. The molecule has 4 atom stereocenters. The lowest BCUT2D eigenvalue weighted by Gasteiger charge is -2.39. The summed E-state index contributed by atoms with van der Waals surface area (Å²) >= 11 is 6.14. The average molecular weight is 2070 g/mol. The SMILES string of the molecule is CC(=O)N1c2ccc(-c3ccc(NC(=O)CCOCCOCCOCCOCCOCCOCCOCCOCCNC(=O)c4nc(NC(=O)CCNC(=O)c5cc(NC(=O)c6nc(NC(=O)CCNC(=O)c7cc(NC(=O)c8nc(NC(=O)CCNC(=O)[C@H](CCCNC(=N)N)NC(=O)[C@H](CCCNC(=N)N)NC(=O)OC(C)(C)C)cn8C)cn7C)cn6C)cn5C)cn4C)cc3)cc2[C@H](Nc2ccc(Cl)cc2)C[C@@H]1C. The van der Waals surface area contributed by atoms with Crippen molar-refractivity contribution in [2.24, 2.45) is 46.7 Å². The van der Waals surface area contributed by atoms with Crippen molar-refractivity contribution in [2.75, 3.05) is 187 Å². The molecule has 21 N–H and O–H groups in total. The molecule has 50 nitrogen and oxygen atoms in total. The highest BCUT2D eigenvalue weighted by molar-refractivity contribution is 6.30. The van der Waals surface area contributed by atoms with Gasteiger partial charge in [-0.1, -0.05) is 29.8 Å². The lowest BCUT2D eigenvalue weighted by Crippen LogP contribution is -2.54. The Bertz CT molecular complexity index is 5780. The predicted octanol–water partition coefficient (Wildman–Crippen LogP) is 4.45. The third-order valence-corrected chi connectivity index (χ3v) is 22.1. The number of nitrogens with zero attached hydrogens (tertiary/aromatic N) is 9. The molecule has 5 aromatic heterocycles. The summed E-state index contributed by atoms with van der Waals surface area (Å²) in [7, 11) is 7.77. The average Bonchev–Trinajstić information content (AvgIpc) is 1.73. The zero-order chi connectivity index (χ0) is 106.